The molecule has 3 heteroatoms. The standard InChI is InChI=1S/C22H30N2.ClH/c1-19-8-10-22(11-9-19)23-14-5-15-24-16-12-21(13-17-24)18-20-6-3-2-4-7-20;/h2-4,6-11,21,23H,5,12-18H2,1H3;1H. The Morgan fingerprint density at radius 3 is 2.32 bits per heavy atom. The normalized spacial score (nSPS) is 15.6. The molecule has 0 spiro atoms. The number of nitrogens with one attached hydrogen (secondary N) is 1. The van der Waals surface area contributed by atoms with E-state index < -0.39 is 0 Å². The van der Waals surface area contributed by atoms with E-state index in [1.165, 1.54) is 62.1 Å². The van der Waals surface area contributed by atoms with Crippen molar-refractivity contribution in [3.05, 3.63) is 65.7 Å². The van der Waals surface area contributed by atoms with Crippen molar-refractivity contribution >= 4 is 18.1 Å². The van der Waals surface area contributed by atoms with E-state index in [0.29, 0.717) is 0 Å². The summed E-state index contributed by atoms with van der Waals surface area (Å²) in [7, 11) is 0. The van der Waals surface area contributed by atoms with E-state index in [-0.39, 0.29) is 12.4 Å². The summed E-state index contributed by atoms with van der Waals surface area (Å²) in [6, 6.07) is 19.6. The van der Waals surface area contributed by atoms with Crippen molar-refractivity contribution in [3.63, 3.8) is 0 Å². The van der Waals surface area contributed by atoms with Crippen molar-refractivity contribution in [3.8, 4) is 0 Å². The number of hydrogen-bond acceptors (Lipinski definition) is 2. The van der Waals surface area contributed by atoms with E-state index in [4.69, 9.17) is 0 Å². The molecule has 2 nitrogen and oxygen atoms in total. The Balaban J connectivity index is 0.00000225. The number of hydrogen-bond donors (Lipinski definition) is 1. The van der Waals surface area contributed by atoms with Gasteiger partial charge in [-0.1, -0.05) is 48.0 Å². The smallest absolute Gasteiger partial charge is 0.0340 e. The Labute approximate surface area is 159 Å². The molecule has 1 saturated heterocycles. The first-order chi connectivity index (χ1) is 11.8. The summed E-state index contributed by atoms with van der Waals surface area (Å²) in [6.07, 6.45) is 5.17. The summed E-state index contributed by atoms with van der Waals surface area (Å²) in [4.78, 5) is 2.64. The Morgan fingerprint density at radius 2 is 1.64 bits per heavy atom. The summed E-state index contributed by atoms with van der Waals surface area (Å²) in [5, 5.41) is 3.53. The van der Waals surface area contributed by atoms with Crippen LogP contribution in [0.3, 0.4) is 0 Å². The topological polar surface area (TPSA) is 15.3 Å². The molecule has 1 heterocycles. The lowest BCUT2D eigenvalue weighted by Crippen LogP contribution is -2.35. The van der Waals surface area contributed by atoms with Gasteiger partial charge in [-0.25, -0.2) is 0 Å². The Hall–Kier alpha value is -1.51. The molecule has 1 aliphatic heterocycles. The molecule has 1 N–H and O–H groups in total. The maximum absolute atomic E-state index is 3.53. The summed E-state index contributed by atoms with van der Waals surface area (Å²) in [5.74, 6) is 0.870. The first kappa shape index (κ1) is 19.8. The van der Waals surface area contributed by atoms with Crippen LogP contribution in [-0.2, 0) is 6.42 Å². The fraction of sp³-hybridized carbons (Fsp3) is 0.455. The van der Waals surface area contributed by atoms with Crippen LogP contribution in [0.4, 0.5) is 5.69 Å². The van der Waals surface area contributed by atoms with Crippen molar-refractivity contribution in [1.29, 1.82) is 0 Å². The first-order valence-corrected chi connectivity index (χ1v) is 9.36. The molecule has 0 atom stereocenters. The zero-order valence-corrected chi connectivity index (χ0v) is 16.1. The number of piperidine rings is 1. The molecule has 3 rings (SSSR count). The van der Waals surface area contributed by atoms with Crippen molar-refractivity contribution in [1.82, 2.24) is 4.90 Å². The Kier molecular flexibility index (Phi) is 8.30. The zero-order valence-electron chi connectivity index (χ0n) is 15.3. The van der Waals surface area contributed by atoms with Gasteiger partial charge in [-0.15, -0.1) is 12.4 Å². The second-order valence-corrected chi connectivity index (χ2v) is 7.12. The number of rotatable bonds is 7. The van der Waals surface area contributed by atoms with Gasteiger partial charge in [0.05, 0.1) is 0 Å². The molecule has 25 heavy (non-hydrogen) atoms. The number of anilines is 1. The van der Waals surface area contributed by atoms with Gasteiger partial charge < -0.3 is 10.2 Å². The van der Waals surface area contributed by atoms with E-state index in [1.54, 1.807) is 0 Å². The van der Waals surface area contributed by atoms with Crippen molar-refractivity contribution in [2.24, 2.45) is 5.92 Å². The van der Waals surface area contributed by atoms with Gasteiger partial charge in [-0.3, -0.25) is 0 Å². The predicted molar refractivity (Wildman–Crippen MR) is 111 cm³/mol. The van der Waals surface area contributed by atoms with Gasteiger partial charge in [0, 0.05) is 12.2 Å². The lowest BCUT2D eigenvalue weighted by atomic mass is 9.90. The Bertz CT molecular complexity index is 589. The van der Waals surface area contributed by atoms with Crippen LogP contribution in [0.5, 0.6) is 0 Å². The molecular formula is C22H31ClN2. The van der Waals surface area contributed by atoms with E-state index in [9.17, 15) is 0 Å². The van der Waals surface area contributed by atoms with Crippen LogP contribution in [0.1, 0.15) is 30.4 Å². The minimum absolute atomic E-state index is 0. The summed E-state index contributed by atoms with van der Waals surface area (Å²) in [6.45, 7) is 6.94. The van der Waals surface area contributed by atoms with Crippen LogP contribution in [0.15, 0.2) is 54.6 Å². The monoisotopic (exact) mass is 358 g/mol. The van der Waals surface area contributed by atoms with Gasteiger partial charge in [0.2, 0.25) is 0 Å². The maximum atomic E-state index is 3.53. The number of likely N-dealkylation sites (tertiary alicyclic amines) is 1. The molecule has 2 aromatic carbocycles. The third kappa shape index (κ3) is 6.72. The highest BCUT2D eigenvalue weighted by Gasteiger charge is 2.18. The highest BCUT2D eigenvalue weighted by atomic mass is 35.5. The van der Waals surface area contributed by atoms with Crippen LogP contribution in [-0.4, -0.2) is 31.1 Å². The second kappa shape index (κ2) is 10.5. The van der Waals surface area contributed by atoms with Gasteiger partial charge in [0.15, 0.2) is 0 Å². The van der Waals surface area contributed by atoms with Gasteiger partial charge in [-0.05, 0) is 75.9 Å². The van der Waals surface area contributed by atoms with Crippen LogP contribution in [0.25, 0.3) is 0 Å². The lowest BCUT2D eigenvalue weighted by Gasteiger charge is -2.32. The van der Waals surface area contributed by atoms with Crippen LogP contribution in [0, 0.1) is 12.8 Å². The van der Waals surface area contributed by atoms with E-state index in [0.717, 1.165) is 12.5 Å². The van der Waals surface area contributed by atoms with Gasteiger partial charge in [-0.2, -0.15) is 0 Å². The fourth-order valence-corrected chi connectivity index (χ4v) is 3.57. The minimum atomic E-state index is 0. The summed E-state index contributed by atoms with van der Waals surface area (Å²) < 4.78 is 0. The van der Waals surface area contributed by atoms with Crippen LogP contribution < -0.4 is 5.32 Å². The van der Waals surface area contributed by atoms with Gasteiger partial charge in [0.25, 0.3) is 0 Å². The molecular weight excluding hydrogens is 328 g/mol. The van der Waals surface area contributed by atoms with E-state index in [2.05, 4.69) is 71.7 Å². The van der Waals surface area contributed by atoms with Crippen molar-refractivity contribution < 1.29 is 0 Å². The quantitative estimate of drug-likeness (QED) is 0.686. The van der Waals surface area contributed by atoms with Gasteiger partial charge in [0.1, 0.15) is 0 Å². The van der Waals surface area contributed by atoms with Crippen molar-refractivity contribution in [2.75, 3.05) is 31.5 Å². The van der Waals surface area contributed by atoms with Crippen LogP contribution >= 0.6 is 12.4 Å². The number of nitrogens with zero attached hydrogens (tertiary/aromatic N) is 1. The molecule has 0 amide bonds. The van der Waals surface area contributed by atoms with E-state index in [1.807, 2.05) is 0 Å². The molecule has 1 fully saturated rings. The summed E-state index contributed by atoms with van der Waals surface area (Å²) >= 11 is 0. The Morgan fingerprint density at radius 1 is 0.960 bits per heavy atom. The third-order valence-electron chi connectivity index (χ3n) is 5.11. The molecule has 0 bridgehead atoms. The molecule has 2 aromatic rings. The molecule has 0 aromatic heterocycles. The number of aryl methyl sites for hydroxylation is 1. The molecule has 1 aliphatic rings. The minimum Gasteiger partial charge on any atom is -0.385 e. The summed E-state index contributed by atoms with van der Waals surface area (Å²) in [5.41, 5.74) is 4.05. The number of benzene rings is 2. The largest absolute Gasteiger partial charge is 0.385 e. The predicted octanol–water partition coefficient (Wildman–Crippen LogP) is 5.17. The molecule has 0 aliphatic carbocycles. The zero-order chi connectivity index (χ0) is 16.6. The number of halogens is 1. The second-order valence-electron chi connectivity index (χ2n) is 7.12. The highest BCUT2D eigenvalue weighted by molar-refractivity contribution is 5.85. The lowest BCUT2D eigenvalue weighted by molar-refractivity contribution is 0.183. The van der Waals surface area contributed by atoms with E-state index >= 15 is 0 Å². The molecule has 136 valence electrons. The van der Waals surface area contributed by atoms with Crippen LogP contribution in [0.2, 0.25) is 0 Å². The molecule has 0 saturated carbocycles. The SMILES string of the molecule is Cc1ccc(NCCCN2CCC(Cc3ccccc3)CC2)cc1.Cl. The molecule has 0 unspecified atom stereocenters. The first-order valence-electron chi connectivity index (χ1n) is 9.36. The van der Waals surface area contributed by atoms with Crippen molar-refractivity contribution in [2.45, 2.75) is 32.6 Å². The van der Waals surface area contributed by atoms with Gasteiger partial charge >= 0.3 is 0 Å². The molecule has 0 radical (unpaired) electrons. The maximum Gasteiger partial charge on any atom is 0.0340 e. The highest BCUT2D eigenvalue weighted by Crippen LogP contribution is 2.21. The fourth-order valence-electron chi connectivity index (χ4n) is 3.57. The average Bonchev–Trinajstić information content (AvgIpc) is 2.62. The third-order valence-corrected chi connectivity index (χ3v) is 5.11. The average molecular weight is 359 g/mol.